The van der Waals surface area contributed by atoms with Crippen molar-refractivity contribution in [3.05, 3.63) is 63.5 Å². The highest BCUT2D eigenvalue weighted by Gasteiger charge is 2.27. The maximum absolute atomic E-state index is 12.2. The molecule has 3 rings (SSSR count). The topological polar surface area (TPSA) is 50.4 Å². The monoisotopic (exact) mass is 360 g/mol. The molecule has 0 radical (unpaired) electrons. The van der Waals surface area contributed by atoms with Crippen molar-refractivity contribution in [3.8, 4) is 5.75 Å². The van der Waals surface area contributed by atoms with Gasteiger partial charge in [0.1, 0.15) is 5.75 Å². The van der Waals surface area contributed by atoms with Crippen LogP contribution in [0.2, 0.25) is 5.02 Å². The summed E-state index contributed by atoms with van der Waals surface area (Å²) in [4.78, 5) is 12.8. The zero-order valence-electron chi connectivity index (χ0n) is 13.3. The molecule has 1 fully saturated rings. The van der Waals surface area contributed by atoms with E-state index in [1.807, 2.05) is 55.5 Å². The quantitative estimate of drug-likeness (QED) is 0.800. The molecule has 1 amide bonds. The minimum atomic E-state index is -0.214. The Morgan fingerprint density at radius 3 is 2.88 bits per heavy atom. The molecule has 2 N–H and O–H groups in total. The normalized spacial score (nSPS) is 18.5. The summed E-state index contributed by atoms with van der Waals surface area (Å²) in [6, 6.07) is 13.2. The van der Waals surface area contributed by atoms with Crippen LogP contribution in [0, 0.1) is 6.92 Å². The lowest BCUT2D eigenvalue weighted by Crippen LogP contribution is -2.31. The summed E-state index contributed by atoms with van der Waals surface area (Å²) in [5.74, 6) is 0.672. The number of nitrogens with one attached hydrogen (secondary N) is 2. The second kappa shape index (κ2) is 7.20. The van der Waals surface area contributed by atoms with E-state index in [1.54, 1.807) is 7.11 Å². The Labute approximate surface area is 150 Å². The molecule has 2 aromatic rings. The number of carbonyl (C=O) groups excluding carboxylic acids is 1. The number of rotatable bonds is 4. The van der Waals surface area contributed by atoms with Gasteiger partial charge in [-0.25, -0.2) is 0 Å². The summed E-state index contributed by atoms with van der Waals surface area (Å²) in [5.41, 5.74) is 2.69. The molecular formula is C18H17ClN2O2S. The van der Waals surface area contributed by atoms with Gasteiger partial charge in [0.05, 0.1) is 12.0 Å². The Morgan fingerprint density at radius 1 is 1.29 bits per heavy atom. The van der Waals surface area contributed by atoms with Crippen LogP contribution in [0.15, 0.2) is 47.4 Å². The van der Waals surface area contributed by atoms with Crippen molar-refractivity contribution in [1.82, 2.24) is 5.32 Å². The van der Waals surface area contributed by atoms with Crippen LogP contribution < -0.4 is 15.4 Å². The zero-order valence-corrected chi connectivity index (χ0v) is 14.9. The largest absolute Gasteiger partial charge is 0.497 e. The molecule has 1 unspecified atom stereocenters. The van der Waals surface area contributed by atoms with Gasteiger partial charge in [0.15, 0.2) is 5.50 Å². The van der Waals surface area contributed by atoms with Crippen molar-refractivity contribution in [2.45, 2.75) is 12.4 Å². The van der Waals surface area contributed by atoms with E-state index in [4.69, 9.17) is 16.3 Å². The second-order valence-electron chi connectivity index (χ2n) is 5.36. The van der Waals surface area contributed by atoms with E-state index in [0.29, 0.717) is 9.93 Å². The van der Waals surface area contributed by atoms with Crippen LogP contribution in [0.1, 0.15) is 11.1 Å². The van der Waals surface area contributed by atoms with Gasteiger partial charge in [-0.1, -0.05) is 35.5 Å². The molecule has 0 aliphatic carbocycles. The molecule has 2 aromatic carbocycles. The third-order valence-corrected chi connectivity index (χ3v) is 4.86. The van der Waals surface area contributed by atoms with Crippen LogP contribution in [-0.4, -0.2) is 18.5 Å². The van der Waals surface area contributed by atoms with Gasteiger partial charge in [-0.3, -0.25) is 4.79 Å². The number of halogens is 1. The molecule has 6 heteroatoms. The molecule has 1 saturated heterocycles. The Balaban J connectivity index is 1.74. The molecule has 1 atom stereocenters. The fraction of sp³-hybridized carbons (Fsp3) is 0.167. The third kappa shape index (κ3) is 3.86. The molecule has 1 heterocycles. The molecule has 0 aromatic heterocycles. The van der Waals surface area contributed by atoms with Crippen molar-refractivity contribution in [2.24, 2.45) is 0 Å². The highest BCUT2D eigenvalue weighted by molar-refractivity contribution is 8.05. The lowest BCUT2D eigenvalue weighted by atomic mass is 10.2. The Morgan fingerprint density at radius 2 is 2.12 bits per heavy atom. The van der Waals surface area contributed by atoms with Crippen molar-refractivity contribution < 1.29 is 9.53 Å². The lowest BCUT2D eigenvalue weighted by Gasteiger charge is -2.15. The maximum atomic E-state index is 12.2. The van der Waals surface area contributed by atoms with Crippen LogP contribution in [0.3, 0.4) is 0 Å². The predicted molar refractivity (Wildman–Crippen MR) is 100 cm³/mol. The maximum Gasteiger partial charge on any atom is 0.260 e. The summed E-state index contributed by atoms with van der Waals surface area (Å²) in [7, 11) is 1.62. The predicted octanol–water partition coefficient (Wildman–Crippen LogP) is 4.26. The van der Waals surface area contributed by atoms with Crippen LogP contribution in [0.4, 0.5) is 5.69 Å². The first-order valence-corrected chi connectivity index (χ1v) is 8.67. The Bertz CT molecular complexity index is 807. The van der Waals surface area contributed by atoms with Crippen LogP contribution in [0.5, 0.6) is 5.75 Å². The standard InChI is InChI=1S/C18H17ClN2O2S/c1-11-8-13(19)6-7-15(11)20-18-21-17(22)16(24-18)10-12-4-3-5-14(9-12)23-2/h3-10,18,20H,1-2H3,(H,21,22)/b16-10-. The fourth-order valence-electron chi connectivity index (χ4n) is 2.38. The summed E-state index contributed by atoms with van der Waals surface area (Å²) < 4.78 is 5.21. The van der Waals surface area contributed by atoms with Crippen molar-refractivity contribution in [2.75, 3.05) is 12.4 Å². The minimum Gasteiger partial charge on any atom is -0.497 e. The van der Waals surface area contributed by atoms with E-state index >= 15 is 0 Å². The first-order valence-electron chi connectivity index (χ1n) is 7.41. The smallest absolute Gasteiger partial charge is 0.260 e. The summed E-state index contributed by atoms with van der Waals surface area (Å²) in [5, 5.41) is 6.93. The van der Waals surface area contributed by atoms with E-state index in [1.165, 1.54) is 11.8 Å². The minimum absolute atomic E-state index is 0.0908. The highest BCUT2D eigenvalue weighted by atomic mass is 35.5. The van der Waals surface area contributed by atoms with Crippen LogP contribution in [0.25, 0.3) is 6.08 Å². The van der Waals surface area contributed by atoms with Crippen molar-refractivity contribution in [1.29, 1.82) is 0 Å². The first-order chi connectivity index (χ1) is 11.5. The van der Waals surface area contributed by atoms with E-state index in [9.17, 15) is 4.79 Å². The number of anilines is 1. The van der Waals surface area contributed by atoms with Gasteiger partial charge in [-0.2, -0.15) is 0 Å². The molecule has 24 heavy (non-hydrogen) atoms. The number of aryl methyl sites for hydroxylation is 1. The number of methoxy groups -OCH3 is 1. The number of carbonyl (C=O) groups is 1. The molecule has 1 aliphatic rings. The summed E-state index contributed by atoms with van der Waals surface area (Å²) in [6.07, 6.45) is 1.86. The number of hydrogen-bond donors (Lipinski definition) is 2. The average Bonchev–Trinajstić information content (AvgIpc) is 2.90. The molecule has 0 bridgehead atoms. The zero-order chi connectivity index (χ0) is 17.1. The van der Waals surface area contributed by atoms with Gasteiger partial charge in [0.2, 0.25) is 0 Å². The van der Waals surface area contributed by atoms with Gasteiger partial charge in [0, 0.05) is 10.7 Å². The summed E-state index contributed by atoms with van der Waals surface area (Å²) >= 11 is 7.42. The molecule has 124 valence electrons. The molecule has 0 saturated carbocycles. The number of ether oxygens (including phenoxy) is 1. The lowest BCUT2D eigenvalue weighted by molar-refractivity contribution is -0.116. The number of hydrogen-bond acceptors (Lipinski definition) is 4. The van der Waals surface area contributed by atoms with E-state index in [2.05, 4.69) is 10.6 Å². The molecule has 4 nitrogen and oxygen atoms in total. The SMILES string of the molecule is COc1cccc(/C=C2\SC(Nc3ccc(Cl)cc3C)NC2=O)c1. The van der Waals surface area contributed by atoms with E-state index < -0.39 is 0 Å². The van der Waals surface area contributed by atoms with Crippen LogP contribution in [-0.2, 0) is 4.79 Å². The third-order valence-electron chi connectivity index (χ3n) is 3.60. The van der Waals surface area contributed by atoms with Crippen molar-refractivity contribution in [3.63, 3.8) is 0 Å². The Hall–Kier alpha value is -2.11. The van der Waals surface area contributed by atoms with Gasteiger partial charge in [0.25, 0.3) is 5.91 Å². The number of benzene rings is 2. The average molecular weight is 361 g/mol. The van der Waals surface area contributed by atoms with Crippen molar-refractivity contribution >= 4 is 41.0 Å². The van der Waals surface area contributed by atoms with E-state index in [-0.39, 0.29) is 11.4 Å². The van der Waals surface area contributed by atoms with Gasteiger partial charge in [-0.05, 0) is 54.5 Å². The highest BCUT2D eigenvalue weighted by Crippen LogP contribution is 2.31. The van der Waals surface area contributed by atoms with E-state index in [0.717, 1.165) is 22.6 Å². The van der Waals surface area contributed by atoms with Gasteiger partial charge < -0.3 is 15.4 Å². The van der Waals surface area contributed by atoms with Crippen LogP contribution >= 0.6 is 23.4 Å². The fourth-order valence-corrected chi connectivity index (χ4v) is 3.58. The number of thioether (sulfide) groups is 1. The second-order valence-corrected chi connectivity index (χ2v) is 6.94. The molecular weight excluding hydrogens is 344 g/mol. The molecule has 0 spiro atoms. The Kier molecular flexibility index (Phi) is 5.02. The van der Waals surface area contributed by atoms with Gasteiger partial charge >= 0.3 is 0 Å². The molecule has 1 aliphatic heterocycles. The first kappa shape index (κ1) is 16.7. The number of amides is 1. The van der Waals surface area contributed by atoms with Gasteiger partial charge in [-0.15, -0.1) is 0 Å². The summed E-state index contributed by atoms with van der Waals surface area (Å²) in [6.45, 7) is 1.97.